The lowest BCUT2D eigenvalue weighted by Gasteiger charge is -2.28. The predicted molar refractivity (Wildman–Crippen MR) is 78.7 cm³/mol. The number of carbonyl (C=O) groups is 1. The molecule has 0 unspecified atom stereocenters. The molecule has 1 saturated heterocycles. The van der Waals surface area contributed by atoms with Gasteiger partial charge in [0.25, 0.3) is 6.64 Å². The Hall–Kier alpha value is -1.14. The van der Waals surface area contributed by atoms with Crippen molar-refractivity contribution < 1.29 is 23.3 Å². The molecule has 0 N–H and O–H groups in total. The van der Waals surface area contributed by atoms with Crippen molar-refractivity contribution in [3.63, 3.8) is 0 Å². The summed E-state index contributed by atoms with van der Waals surface area (Å²) >= 11 is 5.41. The number of anilines is 1. The van der Waals surface area contributed by atoms with Crippen molar-refractivity contribution >= 4 is 30.2 Å². The Morgan fingerprint density at radius 2 is 2.05 bits per heavy atom. The standard InChI is InChI=1S/C12H16NO5PS/c1-9-8-17-19(20,18-9)13(12(14)16-3)10-4-6-11(15-2)7-5-10/h4-7,9H,8H2,1-3H3/t9-,19-/m1/s1. The van der Waals surface area contributed by atoms with Gasteiger partial charge >= 0.3 is 6.09 Å². The molecule has 0 radical (unpaired) electrons. The molecule has 1 aromatic rings. The smallest absolute Gasteiger partial charge is 0.421 e. The molecule has 1 heterocycles. The maximum atomic E-state index is 12.0. The Kier molecular flexibility index (Phi) is 4.65. The molecule has 0 spiro atoms. The van der Waals surface area contributed by atoms with Crippen LogP contribution in [0, 0.1) is 0 Å². The molecule has 1 aliphatic rings. The molecule has 2 rings (SSSR count). The third-order valence-electron chi connectivity index (χ3n) is 2.70. The molecule has 0 aliphatic carbocycles. The lowest BCUT2D eigenvalue weighted by Crippen LogP contribution is -2.28. The van der Waals surface area contributed by atoms with Crippen LogP contribution in [0.4, 0.5) is 10.5 Å². The average molecular weight is 317 g/mol. The molecule has 0 saturated carbocycles. The number of hydrogen-bond acceptors (Lipinski definition) is 6. The van der Waals surface area contributed by atoms with E-state index in [9.17, 15) is 4.79 Å². The lowest BCUT2D eigenvalue weighted by molar-refractivity contribution is 0.181. The minimum Gasteiger partial charge on any atom is -0.497 e. The minimum absolute atomic E-state index is 0.147. The van der Waals surface area contributed by atoms with Crippen LogP contribution in [0.3, 0.4) is 0 Å². The first-order chi connectivity index (χ1) is 9.50. The second-order valence-electron chi connectivity index (χ2n) is 4.16. The van der Waals surface area contributed by atoms with Crippen LogP contribution in [0.5, 0.6) is 5.75 Å². The number of methoxy groups -OCH3 is 2. The lowest BCUT2D eigenvalue weighted by atomic mass is 10.3. The number of hydrogen-bond donors (Lipinski definition) is 0. The van der Waals surface area contributed by atoms with Crippen LogP contribution in [0.25, 0.3) is 0 Å². The van der Waals surface area contributed by atoms with E-state index in [2.05, 4.69) is 0 Å². The number of benzene rings is 1. The number of ether oxygens (including phenoxy) is 2. The monoisotopic (exact) mass is 317 g/mol. The fourth-order valence-corrected chi connectivity index (χ4v) is 4.74. The number of amides is 1. The van der Waals surface area contributed by atoms with Crippen molar-refractivity contribution in [2.45, 2.75) is 13.0 Å². The zero-order valence-electron chi connectivity index (χ0n) is 11.4. The Bertz CT molecular complexity index is 535. The molecule has 20 heavy (non-hydrogen) atoms. The highest BCUT2D eigenvalue weighted by Gasteiger charge is 2.41. The summed E-state index contributed by atoms with van der Waals surface area (Å²) in [5, 5.41) is 0. The van der Waals surface area contributed by atoms with Gasteiger partial charge in [0.1, 0.15) is 5.75 Å². The van der Waals surface area contributed by atoms with Crippen LogP contribution in [-0.4, -0.2) is 33.0 Å². The molecule has 1 aromatic carbocycles. The summed E-state index contributed by atoms with van der Waals surface area (Å²) in [6.45, 7) is -0.696. The van der Waals surface area contributed by atoms with Gasteiger partial charge in [-0.25, -0.2) is 9.46 Å². The molecule has 0 aromatic heterocycles. The minimum atomic E-state index is -2.90. The zero-order valence-corrected chi connectivity index (χ0v) is 13.1. The average Bonchev–Trinajstić information content (AvgIpc) is 2.79. The van der Waals surface area contributed by atoms with E-state index < -0.39 is 12.7 Å². The largest absolute Gasteiger partial charge is 0.497 e. The topological polar surface area (TPSA) is 57.2 Å². The molecule has 2 atom stereocenters. The van der Waals surface area contributed by atoms with E-state index in [1.807, 2.05) is 6.92 Å². The Labute approximate surface area is 122 Å². The Morgan fingerprint density at radius 1 is 1.40 bits per heavy atom. The van der Waals surface area contributed by atoms with Gasteiger partial charge in [0.15, 0.2) is 0 Å². The molecule has 1 aliphatic heterocycles. The van der Waals surface area contributed by atoms with E-state index in [4.69, 9.17) is 30.3 Å². The van der Waals surface area contributed by atoms with Crippen molar-refractivity contribution in [1.29, 1.82) is 0 Å². The van der Waals surface area contributed by atoms with Crippen LogP contribution in [-0.2, 0) is 25.6 Å². The van der Waals surface area contributed by atoms with E-state index in [1.165, 1.54) is 11.8 Å². The van der Waals surface area contributed by atoms with Gasteiger partial charge < -0.3 is 18.5 Å². The van der Waals surface area contributed by atoms with E-state index in [0.717, 1.165) is 0 Å². The second kappa shape index (κ2) is 6.10. The normalized spacial score (nSPS) is 25.2. The van der Waals surface area contributed by atoms with Gasteiger partial charge in [-0.3, -0.25) is 0 Å². The van der Waals surface area contributed by atoms with Gasteiger partial charge in [-0.15, -0.1) is 0 Å². The van der Waals surface area contributed by atoms with E-state index in [0.29, 0.717) is 18.0 Å². The highest BCUT2D eigenvalue weighted by molar-refractivity contribution is 8.11. The molecule has 0 bridgehead atoms. The van der Waals surface area contributed by atoms with Gasteiger partial charge in [0, 0.05) is 0 Å². The molecular formula is C12H16NO5PS. The molecule has 1 amide bonds. The predicted octanol–water partition coefficient (Wildman–Crippen LogP) is 2.93. The molecule has 6 nitrogen and oxygen atoms in total. The highest BCUT2D eigenvalue weighted by atomic mass is 32.5. The van der Waals surface area contributed by atoms with Crippen LogP contribution in [0.2, 0.25) is 0 Å². The SMILES string of the molecule is COC(=O)N(c1ccc(OC)cc1)[P@@]1(=S)OC[C@@H](C)O1. The van der Waals surface area contributed by atoms with Gasteiger partial charge in [-0.2, -0.15) is 0 Å². The maximum absolute atomic E-state index is 12.0. The zero-order chi connectivity index (χ0) is 14.8. The Balaban J connectivity index is 2.37. The number of carbonyl (C=O) groups excluding carboxylic acids is 1. The first kappa shape index (κ1) is 15.3. The number of nitrogens with zero attached hydrogens (tertiary/aromatic N) is 1. The van der Waals surface area contributed by atoms with Crippen molar-refractivity contribution in [2.24, 2.45) is 0 Å². The summed E-state index contributed by atoms with van der Waals surface area (Å²) in [5.41, 5.74) is 0.551. The molecular weight excluding hydrogens is 301 g/mol. The van der Waals surface area contributed by atoms with E-state index in [-0.39, 0.29) is 6.10 Å². The summed E-state index contributed by atoms with van der Waals surface area (Å²) in [6.07, 6.45) is -0.751. The summed E-state index contributed by atoms with van der Waals surface area (Å²) in [7, 11) is 2.86. The maximum Gasteiger partial charge on any atom is 0.421 e. The first-order valence-electron chi connectivity index (χ1n) is 5.96. The Morgan fingerprint density at radius 3 is 2.50 bits per heavy atom. The fraction of sp³-hybridized carbons (Fsp3) is 0.417. The molecule has 8 heteroatoms. The van der Waals surface area contributed by atoms with Gasteiger partial charge in [-0.1, -0.05) is 0 Å². The van der Waals surface area contributed by atoms with E-state index in [1.54, 1.807) is 31.4 Å². The molecule has 1 fully saturated rings. The second-order valence-corrected chi connectivity index (χ2v) is 7.35. The first-order valence-corrected chi connectivity index (χ1v) is 8.55. The quantitative estimate of drug-likeness (QED) is 0.799. The number of rotatable bonds is 3. The van der Waals surface area contributed by atoms with Gasteiger partial charge in [0.2, 0.25) is 0 Å². The summed E-state index contributed by atoms with van der Waals surface area (Å²) < 4.78 is 22.3. The van der Waals surface area contributed by atoms with Crippen LogP contribution >= 0.6 is 6.64 Å². The van der Waals surface area contributed by atoms with Crippen LogP contribution in [0.15, 0.2) is 24.3 Å². The van der Waals surface area contributed by atoms with Crippen molar-refractivity contribution in [1.82, 2.24) is 0 Å². The summed E-state index contributed by atoms with van der Waals surface area (Å²) in [6, 6.07) is 6.87. The van der Waals surface area contributed by atoms with Gasteiger partial charge in [-0.05, 0) is 43.0 Å². The highest BCUT2D eigenvalue weighted by Crippen LogP contribution is 2.59. The van der Waals surface area contributed by atoms with Gasteiger partial charge in [0.05, 0.1) is 32.6 Å². The fourth-order valence-electron chi connectivity index (χ4n) is 1.75. The molecule has 110 valence electrons. The van der Waals surface area contributed by atoms with Crippen molar-refractivity contribution in [3.05, 3.63) is 24.3 Å². The van der Waals surface area contributed by atoms with Crippen LogP contribution < -0.4 is 9.41 Å². The van der Waals surface area contributed by atoms with E-state index >= 15 is 0 Å². The van der Waals surface area contributed by atoms with Crippen molar-refractivity contribution in [3.8, 4) is 5.75 Å². The summed E-state index contributed by atoms with van der Waals surface area (Å²) in [5.74, 6) is 0.678. The summed E-state index contributed by atoms with van der Waals surface area (Å²) in [4.78, 5) is 12.0. The third-order valence-corrected chi connectivity index (χ3v) is 5.75. The van der Waals surface area contributed by atoms with Crippen LogP contribution in [0.1, 0.15) is 6.92 Å². The van der Waals surface area contributed by atoms with Crippen molar-refractivity contribution in [2.75, 3.05) is 25.5 Å². The third kappa shape index (κ3) is 2.96.